The summed E-state index contributed by atoms with van der Waals surface area (Å²) in [7, 11) is 1.71. The molecule has 0 fully saturated rings. The van der Waals surface area contributed by atoms with E-state index in [0.717, 1.165) is 5.69 Å². The van der Waals surface area contributed by atoms with Crippen molar-refractivity contribution < 1.29 is 4.92 Å². The van der Waals surface area contributed by atoms with Crippen molar-refractivity contribution in [3.8, 4) is 0 Å². The number of rotatable bonds is 4. The molecule has 2 heterocycles. The van der Waals surface area contributed by atoms with Crippen molar-refractivity contribution in [3.63, 3.8) is 0 Å². The molecule has 0 bridgehead atoms. The smallest absolute Gasteiger partial charge is 0.311 e. The highest BCUT2D eigenvalue weighted by atomic mass is 35.5. The van der Waals surface area contributed by atoms with Crippen molar-refractivity contribution in [2.24, 2.45) is 0 Å². The van der Waals surface area contributed by atoms with E-state index in [1.165, 1.54) is 12.1 Å². The zero-order chi connectivity index (χ0) is 13.8. The first-order valence-electron chi connectivity index (χ1n) is 5.50. The first-order valence-corrected chi connectivity index (χ1v) is 5.87. The van der Waals surface area contributed by atoms with Gasteiger partial charge in [-0.15, -0.1) is 0 Å². The molecule has 0 radical (unpaired) electrons. The van der Waals surface area contributed by atoms with Gasteiger partial charge in [-0.2, -0.15) is 0 Å². The van der Waals surface area contributed by atoms with Crippen molar-refractivity contribution in [2.45, 2.75) is 6.54 Å². The maximum Gasteiger partial charge on any atom is 0.311 e. The summed E-state index contributed by atoms with van der Waals surface area (Å²) in [6, 6.07) is 8.25. The molecule has 98 valence electrons. The van der Waals surface area contributed by atoms with Crippen LogP contribution >= 0.6 is 11.6 Å². The third kappa shape index (κ3) is 3.17. The van der Waals surface area contributed by atoms with Gasteiger partial charge >= 0.3 is 5.69 Å². The first-order chi connectivity index (χ1) is 9.08. The molecule has 0 saturated carbocycles. The summed E-state index contributed by atoms with van der Waals surface area (Å²) in [5.74, 6) is 0.225. The van der Waals surface area contributed by atoms with E-state index in [9.17, 15) is 10.1 Å². The quantitative estimate of drug-likeness (QED) is 0.488. The number of pyridine rings is 2. The van der Waals surface area contributed by atoms with Crippen LogP contribution in [0.2, 0.25) is 5.15 Å². The predicted octanol–water partition coefficient (Wildman–Crippen LogP) is 2.67. The highest BCUT2D eigenvalue weighted by Gasteiger charge is 2.19. The molecular formula is C12H11ClN4O2. The SMILES string of the molecule is CN(Cc1ccccn1)c1nc(Cl)ccc1[N+](=O)[O-]. The zero-order valence-corrected chi connectivity index (χ0v) is 10.9. The van der Waals surface area contributed by atoms with Gasteiger partial charge in [0.05, 0.1) is 17.2 Å². The lowest BCUT2D eigenvalue weighted by Gasteiger charge is -2.17. The van der Waals surface area contributed by atoms with Gasteiger partial charge in [0.2, 0.25) is 5.82 Å². The van der Waals surface area contributed by atoms with E-state index in [1.807, 2.05) is 18.2 Å². The van der Waals surface area contributed by atoms with Crippen LogP contribution in [0.15, 0.2) is 36.5 Å². The minimum Gasteiger partial charge on any atom is -0.348 e. The Kier molecular flexibility index (Phi) is 3.91. The van der Waals surface area contributed by atoms with Gasteiger partial charge in [0.1, 0.15) is 5.15 Å². The fourth-order valence-electron chi connectivity index (χ4n) is 1.65. The molecule has 0 unspecified atom stereocenters. The number of halogens is 1. The molecular weight excluding hydrogens is 268 g/mol. The van der Waals surface area contributed by atoms with E-state index in [4.69, 9.17) is 11.6 Å². The molecule has 0 aliphatic rings. The molecule has 19 heavy (non-hydrogen) atoms. The van der Waals surface area contributed by atoms with Crippen molar-refractivity contribution in [2.75, 3.05) is 11.9 Å². The second-order valence-electron chi connectivity index (χ2n) is 3.91. The number of nitrogens with zero attached hydrogens (tertiary/aromatic N) is 4. The Balaban J connectivity index is 2.30. The van der Waals surface area contributed by atoms with Gasteiger partial charge in [0.15, 0.2) is 0 Å². The van der Waals surface area contributed by atoms with Gasteiger partial charge in [-0.3, -0.25) is 15.1 Å². The number of hydrogen-bond donors (Lipinski definition) is 0. The lowest BCUT2D eigenvalue weighted by molar-refractivity contribution is -0.384. The largest absolute Gasteiger partial charge is 0.348 e. The van der Waals surface area contributed by atoms with Gasteiger partial charge in [-0.25, -0.2) is 4.98 Å². The number of anilines is 1. The molecule has 0 atom stereocenters. The summed E-state index contributed by atoms with van der Waals surface area (Å²) in [5.41, 5.74) is 0.712. The van der Waals surface area contributed by atoms with Crippen LogP contribution in [0.5, 0.6) is 0 Å². The van der Waals surface area contributed by atoms with Crippen molar-refractivity contribution in [1.29, 1.82) is 0 Å². The molecule has 0 aliphatic heterocycles. The average Bonchev–Trinajstić information content (AvgIpc) is 2.39. The maximum absolute atomic E-state index is 11.0. The van der Waals surface area contributed by atoms with E-state index >= 15 is 0 Å². The third-order valence-corrected chi connectivity index (χ3v) is 2.71. The Bertz CT molecular complexity index is 592. The third-order valence-electron chi connectivity index (χ3n) is 2.50. The van der Waals surface area contributed by atoms with Crippen LogP contribution in [-0.4, -0.2) is 21.9 Å². The van der Waals surface area contributed by atoms with E-state index in [2.05, 4.69) is 9.97 Å². The second-order valence-corrected chi connectivity index (χ2v) is 4.30. The standard InChI is InChI=1S/C12H11ClN4O2/c1-16(8-9-4-2-3-7-14-9)12-10(17(18)19)5-6-11(13)15-12/h2-7H,8H2,1H3. The zero-order valence-electron chi connectivity index (χ0n) is 10.2. The van der Waals surface area contributed by atoms with Crippen molar-refractivity contribution >= 4 is 23.1 Å². The Labute approximate surface area is 114 Å². The molecule has 6 nitrogen and oxygen atoms in total. The van der Waals surface area contributed by atoms with Gasteiger partial charge in [-0.1, -0.05) is 17.7 Å². The number of nitro groups is 1. The molecule has 2 aromatic rings. The van der Waals surface area contributed by atoms with E-state index < -0.39 is 4.92 Å². The van der Waals surface area contributed by atoms with Gasteiger partial charge < -0.3 is 4.90 Å². The van der Waals surface area contributed by atoms with Gasteiger partial charge in [0.25, 0.3) is 0 Å². The Morgan fingerprint density at radius 3 is 2.79 bits per heavy atom. The predicted molar refractivity (Wildman–Crippen MR) is 72.2 cm³/mol. The van der Waals surface area contributed by atoms with Crippen molar-refractivity contribution in [3.05, 3.63) is 57.5 Å². The number of aromatic nitrogens is 2. The molecule has 0 saturated heterocycles. The van der Waals surface area contributed by atoms with E-state index in [0.29, 0.717) is 6.54 Å². The molecule has 2 aromatic heterocycles. The second kappa shape index (κ2) is 5.62. The molecule has 0 aromatic carbocycles. The van der Waals surface area contributed by atoms with Gasteiger partial charge in [0, 0.05) is 19.3 Å². The fraction of sp³-hybridized carbons (Fsp3) is 0.167. The molecule has 0 N–H and O–H groups in total. The minimum atomic E-state index is -0.479. The Morgan fingerprint density at radius 1 is 1.37 bits per heavy atom. The fourth-order valence-corrected chi connectivity index (χ4v) is 1.79. The van der Waals surface area contributed by atoms with Crippen molar-refractivity contribution in [1.82, 2.24) is 9.97 Å². The van der Waals surface area contributed by atoms with Crippen LogP contribution in [-0.2, 0) is 6.54 Å². The molecule has 7 heteroatoms. The van der Waals surface area contributed by atoms with Gasteiger partial charge in [-0.05, 0) is 18.2 Å². The van der Waals surface area contributed by atoms with Crippen LogP contribution in [0.3, 0.4) is 0 Å². The number of hydrogen-bond acceptors (Lipinski definition) is 5. The topological polar surface area (TPSA) is 72.2 Å². The molecule has 2 rings (SSSR count). The molecule has 0 amide bonds. The normalized spacial score (nSPS) is 10.2. The summed E-state index contributed by atoms with van der Waals surface area (Å²) in [6.45, 7) is 0.412. The van der Waals surface area contributed by atoms with Crippen LogP contribution < -0.4 is 4.90 Å². The maximum atomic E-state index is 11.0. The van der Waals surface area contributed by atoms with Crippen LogP contribution in [0, 0.1) is 10.1 Å². The minimum absolute atomic E-state index is 0.0807. The Hall–Kier alpha value is -2.21. The van der Waals surface area contributed by atoms with Crippen LogP contribution in [0.4, 0.5) is 11.5 Å². The van der Waals surface area contributed by atoms with E-state index in [1.54, 1.807) is 18.1 Å². The highest BCUT2D eigenvalue weighted by molar-refractivity contribution is 6.29. The lowest BCUT2D eigenvalue weighted by Crippen LogP contribution is -2.19. The summed E-state index contributed by atoms with van der Waals surface area (Å²) in [6.07, 6.45) is 1.67. The molecule has 0 spiro atoms. The molecule has 0 aliphatic carbocycles. The summed E-state index contributed by atoms with van der Waals surface area (Å²) in [5, 5.41) is 11.2. The summed E-state index contributed by atoms with van der Waals surface area (Å²) in [4.78, 5) is 20.3. The average molecular weight is 279 g/mol. The van der Waals surface area contributed by atoms with Crippen LogP contribution in [0.1, 0.15) is 5.69 Å². The first kappa shape index (κ1) is 13.2. The Morgan fingerprint density at radius 2 is 2.16 bits per heavy atom. The summed E-state index contributed by atoms with van der Waals surface area (Å²) < 4.78 is 0. The highest BCUT2D eigenvalue weighted by Crippen LogP contribution is 2.27. The summed E-state index contributed by atoms with van der Waals surface area (Å²) >= 11 is 5.79. The van der Waals surface area contributed by atoms with E-state index in [-0.39, 0.29) is 16.7 Å². The lowest BCUT2D eigenvalue weighted by atomic mass is 10.3. The monoisotopic (exact) mass is 278 g/mol. The van der Waals surface area contributed by atoms with Crippen LogP contribution in [0.25, 0.3) is 0 Å².